The van der Waals surface area contributed by atoms with Crippen LogP contribution in [-0.2, 0) is 9.53 Å². The van der Waals surface area contributed by atoms with E-state index in [0.29, 0.717) is 17.2 Å². The summed E-state index contributed by atoms with van der Waals surface area (Å²) in [5, 5.41) is 11.7. The molecule has 1 aromatic carbocycles. The van der Waals surface area contributed by atoms with Crippen molar-refractivity contribution in [3.63, 3.8) is 0 Å². The number of nitrogens with one attached hydrogen (secondary N) is 1. The lowest BCUT2D eigenvalue weighted by molar-refractivity contribution is -0.140. The molecular formula is C13H16ClNO4. The van der Waals surface area contributed by atoms with Crippen LogP contribution in [0.25, 0.3) is 0 Å². The molecule has 0 saturated heterocycles. The molecule has 0 aliphatic rings. The number of aliphatic carboxylic acids is 1. The number of hydrogen-bond acceptors (Lipinski definition) is 3. The number of halogens is 1. The van der Waals surface area contributed by atoms with Gasteiger partial charge in [-0.2, -0.15) is 0 Å². The van der Waals surface area contributed by atoms with Crippen LogP contribution in [0.15, 0.2) is 24.3 Å². The van der Waals surface area contributed by atoms with E-state index in [9.17, 15) is 9.59 Å². The van der Waals surface area contributed by atoms with Crippen LogP contribution in [0.4, 0.5) is 0 Å². The molecule has 6 heteroatoms. The maximum absolute atomic E-state index is 11.9. The molecule has 1 atom stereocenters. The van der Waals surface area contributed by atoms with E-state index in [4.69, 9.17) is 21.4 Å². The largest absolute Gasteiger partial charge is 0.481 e. The lowest BCUT2D eigenvalue weighted by atomic mass is 10.2. The summed E-state index contributed by atoms with van der Waals surface area (Å²) < 4.78 is 5.24. The van der Waals surface area contributed by atoms with Crippen LogP contribution in [-0.4, -0.2) is 36.2 Å². The summed E-state index contributed by atoms with van der Waals surface area (Å²) in [6.07, 6.45) is -0.703. The van der Waals surface area contributed by atoms with Gasteiger partial charge in [-0.15, -0.1) is 0 Å². The van der Waals surface area contributed by atoms with Crippen molar-refractivity contribution in [1.82, 2.24) is 5.32 Å². The molecular weight excluding hydrogens is 270 g/mol. The van der Waals surface area contributed by atoms with Gasteiger partial charge in [0, 0.05) is 13.2 Å². The van der Waals surface area contributed by atoms with Gasteiger partial charge >= 0.3 is 5.97 Å². The van der Waals surface area contributed by atoms with Crippen molar-refractivity contribution in [3.8, 4) is 0 Å². The van der Waals surface area contributed by atoms with Crippen LogP contribution >= 0.6 is 11.6 Å². The van der Waals surface area contributed by atoms with Gasteiger partial charge in [-0.1, -0.05) is 23.7 Å². The molecule has 104 valence electrons. The van der Waals surface area contributed by atoms with E-state index in [1.165, 1.54) is 0 Å². The third-order valence-corrected chi connectivity index (χ3v) is 2.74. The maximum atomic E-state index is 11.9. The summed E-state index contributed by atoms with van der Waals surface area (Å²) in [6.45, 7) is 2.29. The van der Waals surface area contributed by atoms with Crippen LogP contribution in [0.1, 0.15) is 23.7 Å². The highest BCUT2D eigenvalue weighted by molar-refractivity contribution is 6.33. The molecule has 0 aromatic heterocycles. The SMILES string of the molecule is CCOC(CNC(=O)c1ccccc1Cl)CC(=O)O. The zero-order valence-corrected chi connectivity index (χ0v) is 11.3. The van der Waals surface area contributed by atoms with Gasteiger partial charge in [-0.3, -0.25) is 9.59 Å². The molecule has 1 rings (SSSR count). The number of carboxylic acids is 1. The molecule has 0 saturated carbocycles. The first kappa shape index (κ1) is 15.5. The highest BCUT2D eigenvalue weighted by Gasteiger charge is 2.16. The lowest BCUT2D eigenvalue weighted by Gasteiger charge is -2.16. The fourth-order valence-electron chi connectivity index (χ4n) is 1.57. The number of hydrogen-bond donors (Lipinski definition) is 2. The van der Waals surface area contributed by atoms with E-state index >= 15 is 0 Å². The third kappa shape index (κ3) is 5.28. The molecule has 2 N–H and O–H groups in total. The molecule has 0 aliphatic carbocycles. The second-order valence-corrected chi connectivity index (χ2v) is 4.27. The molecule has 19 heavy (non-hydrogen) atoms. The van der Waals surface area contributed by atoms with E-state index in [2.05, 4.69) is 5.32 Å². The van der Waals surface area contributed by atoms with E-state index < -0.39 is 12.1 Å². The summed E-state index contributed by atoms with van der Waals surface area (Å²) >= 11 is 5.89. The van der Waals surface area contributed by atoms with Gasteiger partial charge in [0.25, 0.3) is 5.91 Å². The van der Waals surface area contributed by atoms with E-state index in [1.807, 2.05) is 0 Å². The first-order valence-electron chi connectivity index (χ1n) is 5.90. The number of ether oxygens (including phenoxy) is 1. The van der Waals surface area contributed by atoms with Gasteiger partial charge in [0.05, 0.1) is 23.1 Å². The predicted molar refractivity (Wildman–Crippen MR) is 71.5 cm³/mol. The topological polar surface area (TPSA) is 75.6 Å². The standard InChI is InChI=1S/C13H16ClNO4/c1-2-19-9(7-12(16)17)8-15-13(18)10-5-3-4-6-11(10)14/h3-6,9H,2,7-8H2,1H3,(H,15,18)(H,16,17). The molecule has 0 radical (unpaired) electrons. The van der Waals surface area contributed by atoms with Gasteiger partial charge in [0.15, 0.2) is 0 Å². The molecule has 1 unspecified atom stereocenters. The molecule has 0 bridgehead atoms. The van der Waals surface area contributed by atoms with Crippen molar-refractivity contribution in [2.45, 2.75) is 19.4 Å². The van der Waals surface area contributed by atoms with Gasteiger partial charge in [0.2, 0.25) is 0 Å². The predicted octanol–water partition coefficient (Wildman–Crippen LogP) is 1.95. The minimum Gasteiger partial charge on any atom is -0.481 e. The van der Waals surface area contributed by atoms with Crippen LogP contribution < -0.4 is 5.32 Å². The lowest BCUT2D eigenvalue weighted by Crippen LogP contribution is -2.35. The van der Waals surface area contributed by atoms with Gasteiger partial charge in [-0.25, -0.2) is 0 Å². The highest BCUT2D eigenvalue weighted by Crippen LogP contribution is 2.14. The first-order valence-corrected chi connectivity index (χ1v) is 6.28. The van der Waals surface area contributed by atoms with Crippen molar-refractivity contribution < 1.29 is 19.4 Å². The Morgan fingerprint density at radius 2 is 2.11 bits per heavy atom. The average molecular weight is 286 g/mol. The Labute approximate surface area is 116 Å². The first-order chi connectivity index (χ1) is 9.04. The smallest absolute Gasteiger partial charge is 0.306 e. The van der Waals surface area contributed by atoms with E-state index in [0.717, 1.165) is 0 Å². The van der Waals surface area contributed by atoms with Crippen LogP contribution in [0.5, 0.6) is 0 Å². The van der Waals surface area contributed by atoms with Crippen molar-refractivity contribution in [3.05, 3.63) is 34.9 Å². The number of carbonyl (C=O) groups excluding carboxylic acids is 1. The van der Waals surface area contributed by atoms with E-state index in [1.54, 1.807) is 31.2 Å². The Bertz CT molecular complexity index is 450. The quantitative estimate of drug-likeness (QED) is 0.803. The summed E-state index contributed by atoms with van der Waals surface area (Å²) in [6, 6.07) is 6.66. The minimum atomic E-state index is -0.967. The molecule has 0 heterocycles. The number of carbonyl (C=O) groups is 2. The van der Waals surface area contributed by atoms with Gasteiger partial charge in [-0.05, 0) is 19.1 Å². The van der Waals surface area contributed by atoms with Crippen LogP contribution in [0, 0.1) is 0 Å². The van der Waals surface area contributed by atoms with Crippen molar-refractivity contribution >= 4 is 23.5 Å². The fraction of sp³-hybridized carbons (Fsp3) is 0.385. The Kier molecular flexibility index (Phi) is 6.32. The Balaban J connectivity index is 2.56. The molecule has 0 aliphatic heterocycles. The summed E-state index contributed by atoms with van der Waals surface area (Å²) in [7, 11) is 0. The average Bonchev–Trinajstić information content (AvgIpc) is 2.36. The van der Waals surface area contributed by atoms with Gasteiger partial charge < -0.3 is 15.2 Å². The maximum Gasteiger partial charge on any atom is 0.306 e. The number of benzene rings is 1. The normalized spacial score (nSPS) is 11.9. The van der Waals surface area contributed by atoms with E-state index in [-0.39, 0.29) is 18.9 Å². The summed E-state index contributed by atoms with van der Waals surface area (Å²) in [5.41, 5.74) is 0.356. The Morgan fingerprint density at radius 1 is 1.42 bits per heavy atom. The van der Waals surface area contributed by atoms with Crippen molar-refractivity contribution in [2.24, 2.45) is 0 Å². The Morgan fingerprint density at radius 3 is 2.68 bits per heavy atom. The van der Waals surface area contributed by atoms with Crippen molar-refractivity contribution in [2.75, 3.05) is 13.2 Å². The number of rotatable bonds is 7. The second-order valence-electron chi connectivity index (χ2n) is 3.87. The molecule has 5 nitrogen and oxygen atoms in total. The fourth-order valence-corrected chi connectivity index (χ4v) is 1.79. The molecule has 0 fully saturated rings. The number of carboxylic acid groups (broad SMARTS) is 1. The zero-order valence-electron chi connectivity index (χ0n) is 10.6. The van der Waals surface area contributed by atoms with Crippen molar-refractivity contribution in [1.29, 1.82) is 0 Å². The minimum absolute atomic E-state index is 0.129. The monoisotopic (exact) mass is 285 g/mol. The Hall–Kier alpha value is -1.59. The summed E-state index contributed by atoms with van der Waals surface area (Å²) in [4.78, 5) is 22.5. The number of amides is 1. The second kappa shape index (κ2) is 7.76. The molecule has 0 spiro atoms. The van der Waals surface area contributed by atoms with Crippen LogP contribution in [0.2, 0.25) is 5.02 Å². The van der Waals surface area contributed by atoms with Crippen LogP contribution in [0.3, 0.4) is 0 Å². The highest BCUT2D eigenvalue weighted by atomic mass is 35.5. The summed E-state index contributed by atoms with van der Waals surface area (Å²) in [5.74, 6) is -1.31. The molecule has 1 amide bonds. The third-order valence-electron chi connectivity index (χ3n) is 2.41. The molecule has 1 aromatic rings. The zero-order chi connectivity index (χ0) is 14.3. The van der Waals surface area contributed by atoms with Gasteiger partial charge in [0.1, 0.15) is 0 Å².